The van der Waals surface area contributed by atoms with Gasteiger partial charge in [-0.05, 0) is 53.8 Å². The Kier molecular flexibility index (Phi) is 3.81. The third-order valence-electron chi connectivity index (χ3n) is 5.28. The normalized spacial score (nSPS) is 17.3. The summed E-state index contributed by atoms with van der Waals surface area (Å²) in [5, 5.41) is 0. The smallest absolute Gasteiger partial charge is 0.220 e. The Hall–Kier alpha value is -2.95. The quantitative estimate of drug-likeness (QED) is 0.610. The molecule has 5 rings (SSSR count). The number of fused-ring (bicyclic) bond motifs is 2. The second kappa shape index (κ2) is 6.34. The number of ether oxygens (including phenoxy) is 2. The third kappa shape index (κ3) is 2.74. The molecule has 2 aliphatic rings. The van der Waals surface area contributed by atoms with Gasteiger partial charge in [-0.25, -0.2) is 9.37 Å². The highest BCUT2D eigenvalue weighted by Crippen LogP contribution is 2.42. The maximum Gasteiger partial charge on any atom is 0.220 e. The summed E-state index contributed by atoms with van der Waals surface area (Å²) in [7, 11) is 0. The molecule has 2 aromatic carbocycles. The van der Waals surface area contributed by atoms with Crippen LogP contribution in [0.1, 0.15) is 29.2 Å². The van der Waals surface area contributed by atoms with E-state index in [1.165, 1.54) is 12.3 Å². The van der Waals surface area contributed by atoms with Crippen LogP contribution in [0.3, 0.4) is 0 Å². The van der Waals surface area contributed by atoms with Gasteiger partial charge >= 0.3 is 0 Å². The van der Waals surface area contributed by atoms with Gasteiger partial charge in [0.2, 0.25) is 5.95 Å². The summed E-state index contributed by atoms with van der Waals surface area (Å²) < 4.78 is 40.5. The first kappa shape index (κ1) is 16.2. The van der Waals surface area contributed by atoms with Gasteiger partial charge in [-0.3, -0.25) is 0 Å². The summed E-state index contributed by atoms with van der Waals surface area (Å²) in [5.41, 5.74) is 3.54. The molecule has 0 unspecified atom stereocenters. The van der Waals surface area contributed by atoms with Crippen LogP contribution in [0.15, 0.2) is 48.7 Å². The molecule has 1 aliphatic carbocycles. The van der Waals surface area contributed by atoms with Crippen molar-refractivity contribution >= 4 is 0 Å². The number of aromatic nitrogens is 1. The minimum atomic E-state index is -0.550. The molecule has 1 aliphatic heterocycles. The highest BCUT2D eigenvalue weighted by molar-refractivity contribution is 5.70. The highest BCUT2D eigenvalue weighted by atomic mass is 19.1. The lowest BCUT2D eigenvalue weighted by Crippen LogP contribution is -2.06. The zero-order valence-corrected chi connectivity index (χ0v) is 14.5. The second-order valence-corrected chi connectivity index (χ2v) is 6.84. The summed E-state index contributed by atoms with van der Waals surface area (Å²) in [4.78, 5) is 3.72. The Morgan fingerprint density at radius 3 is 2.85 bits per heavy atom. The van der Waals surface area contributed by atoms with Crippen molar-refractivity contribution in [3.8, 4) is 22.6 Å². The predicted octanol–water partition coefficient (Wildman–Crippen LogP) is 5.03. The molecule has 0 saturated carbocycles. The van der Waals surface area contributed by atoms with Crippen molar-refractivity contribution in [1.82, 2.24) is 4.98 Å². The van der Waals surface area contributed by atoms with E-state index in [1.54, 1.807) is 18.2 Å². The first-order valence-electron chi connectivity index (χ1n) is 9.05. The van der Waals surface area contributed by atoms with Crippen molar-refractivity contribution in [2.45, 2.75) is 25.4 Å². The molecule has 0 spiro atoms. The van der Waals surface area contributed by atoms with Gasteiger partial charge in [0.1, 0.15) is 23.4 Å². The van der Waals surface area contributed by atoms with Gasteiger partial charge in [-0.15, -0.1) is 0 Å². The molecular formula is C22H17F2NO2. The van der Waals surface area contributed by atoms with E-state index in [1.807, 2.05) is 18.2 Å². The summed E-state index contributed by atoms with van der Waals surface area (Å²) in [5.74, 6) is 0.618. The molecule has 2 heterocycles. The molecule has 1 aromatic heterocycles. The molecule has 0 amide bonds. The Morgan fingerprint density at radius 1 is 1.04 bits per heavy atom. The SMILES string of the molecule is Fc1ccc(-c2cccnc2F)c2c1[C@H](Oc1ccc3c(c1)OCC3)CC2. The maximum absolute atomic E-state index is 14.6. The summed E-state index contributed by atoms with van der Waals surface area (Å²) in [6.45, 7) is 0.680. The van der Waals surface area contributed by atoms with E-state index in [9.17, 15) is 8.78 Å². The van der Waals surface area contributed by atoms with Crippen LogP contribution in [0.5, 0.6) is 11.5 Å². The van der Waals surface area contributed by atoms with Gasteiger partial charge in [0, 0.05) is 29.8 Å². The van der Waals surface area contributed by atoms with E-state index in [-0.39, 0.29) is 5.82 Å². The number of hydrogen-bond acceptors (Lipinski definition) is 3. The minimum absolute atomic E-state index is 0.321. The Labute approximate surface area is 155 Å². The monoisotopic (exact) mass is 365 g/mol. The van der Waals surface area contributed by atoms with Crippen LogP contribution in [-0.4, -0.2) is 11.6 Å². The molecule has 5 heteroatoms. The molecule has 1 atom stereocenters. The van der Waals surface area contributed by atoms with Gasteiger partial charge in [-0.1, -0.05) is 12.1 Å². The molecule has 0 fully saturated rings. The maximum atomic E-state index is 14.6. The number of pyridine rings is 1. The lowest BCUT2D eigenvalue weighted by molar-refractivity contribution is 0.202. The van der Waals surface area contributed by atoms with Gasteiger partial charge in [0.05, 0.1) is 6.61 Å². The van der Waals surface area contributed by atoms with Crippen LogP contribution in [0.4, 0.5) is 8.78 Å². The third-order valence-corrected chi connectivity index (χ3v) is 5.28. The molecule has 3 nitrogen and oxygen atoms in total. The lowest BCUT2D eigenvalue weighted by Gasteiger charge is -2.17. The van der Waals surface area contributed by atoms with Crippen molar-refractivity contribution in [2.75, 3.05) is 6.61 Å². The molecule has 3 aromatic rings. The fraction of sp³-hybridized carbons (Fsp3) is 0.227. The molecule has 136 valence electrons. The zero-order valence-electron chi connectivity index (χ0n) is 14.5. The van der Waals surface area contributed by atoms with Gasteiger partial charge < -0.3 is 9.47 Å². The average Bonchev–Trinajstić information content (AvgIpc) is 3.30. The van der Waals surface area contributed by atoms with Crippen molar-refractivity contribution < 1.29 is 18.3 Å². The van der Waals surface area contributed by atoms with Crippen molar-refractivity contribution in [2.24, 2.45) is 0 Å². The van der Waals surface area contributed by atoms with Gasteiger partial charge in [-0.2, -0.15) is 4.39 Å². The summed E-state index contributed by atoms with van der Waals surface area (Å²) >= 11 is 0. The molecule has 0 saturated heterocycles. The van der Waals surface area contributed by atoms with Crippen LogP contribution in [0.2, 0.25) is 0 Å². The minimum Gasteiger partial charge on any atom is -0.493 e. The average molecular weight is 365 g/mol. The van der Waals surface area contributed by atoms with E-state index >= 15 is 0 Å². The number of nitrogens with zero attached hydrogens (tertiary/aromatic N) is 1. The van der Waals surface area contributed by atoms with Crippen molar-refractivity contribution in [3.05, 3.63) is 77.1 Å². The fourth-order valence-corrected chi connectivity index (χ4v) is 4.01. The molecule has 0 bridgehead atoms. The molecular weight excluding hydrogens is 348 g/mol. The Bertz CT molecular complexity index is 1030. The zero-order chi connectivity index (χ0) is 18.4. The largest absolute Gasteiger partial charge is 0.493 e. The van der Waals surface area contributed by atoms with Crippen LogP contribution >= 0.6 is 0 Å². The van der Waals surface area contributed by atoms with Gasteiger partial charge in [0.15, 0.2) is 0 Å². The summed E-state index contributed by atoms with van der Waals surface area (Å²) in [6, 6.07) is 12.1. The van der Waals surface area contributed by atoms with Crippen molar-refractivity contribution in [1.29, 1.82) is 0 Å². The lowest BCUT2D eigenvalue weighted by atomic mass is 9.97. The van der Waals surface area contributed by atoms with E-state index in [0.29, 0.717) is 41.9 Å². The first-order chi connectivity index (χ1) is 13.2. The van der Waals surface area contributed by atoms with E-state index < -0.39 is 12.1 Å². The fourth-order valence-electron chi connectivity index (χ4n) is 4.01. The Balaban J connectivity index is 1.51. The molecule has 0 N–H and O–H groups in total. The van der Waals surface area contributed by atoms with E-state index in [2.05, 4.69) is 4.98 Å². The topological polar surface area (TPSA) is 31.4 Å². The number of hydrogen-bond donors (Lipinski definition) is 0. The number of benzene rings is 2. The molecule has 27 heavy (non-hydrogen) atoms. The van der Waals surface area contributed by atoms with Gasteiger partial charge in [0.25, 0.3) is 0 Å². The molecule has 0 radical (unpaired) electrons. The standard InChI is InChI=1S/C22H17F2NO2/c23-18-7-5-15(17-2-1-10-25-22(17)24)16-6-8-19(21(16)18)27-14-4-3-13-9-11-26-20(13)12-14/h1-5,7,10,12,19H,6,8-9,11H2/t19-/m1/s1. The first-order valence-corrected chi connectivity index (χ1v) is 9.05. The second-order valence-electron chi connectivity index (χ2n) is 6.84. The van der Waals surface area contributed by atoms with Crippen LogP contribution < -0.4 is 9.47 Å². The van der Waals surface area contributed by atoms with Crippen LogP contribution in [0, 0.1) is 11.8 Å². The predicted molar refractivity (Wildman–Crippen MR) is 96.9 cm³/mol. The van der Waals surface area contributed by atoms with E-state index in [4.69, 9.17) is 9.47 Å². The van der Waals surface area contributed by atoms with Crippen molar-refractivity contribution in [3.63, 3.8) is 0 Å². The Morgan fingerprint density at radius 2 is 1.96 bits per heavy atom. The number of halogens is 2. The highest BCUT2D eigenvalue weighted by Gasteiger charge is 2.31. The van der Waals surface area contributed by atoms with Crippen LogP contribution in [-0.2, 0) is 12.8 Å². The van der Waals surface area contributed by atoms with Crippen LogP contribution in [0.25, 0.3) is 11.1 Å². The number of rotatable bonds is 3. The summed E-state index contributed by atoms with van der Waals surface area (Å²) in [6.07, 6.45) is 3.17. The van der Waals surface area contributed by atoms with E-state index in [0.717, 1.165) is 23.3 Å².